The van der Waals surface area contributed by atoms with E-state index in [4.69, 9.17) is 20.8 Å². The minimum absolute atomic E-state index is 0.0769. The van der Waals surface area contributed by atoms with E-state index in [0.717, 1.165) is 0 Å². The largest absolute Gasteiger partial charge is 0.459 e. The van der Waals surface area contributed by atoms with Crippen LogP contribution in [0.3, 0.4) is 0 Å². The summed E-state index contributed by atoms with van der Waals surface area (Å²) in [6.07, 6.45) is 2.13. The number of nitrogens with one attached hydrogen (secondary N) is 1. The minimum atomic E-state index is -0.221. The summed E-state index contributed by atoms with van der Waals surface area (Å²) in [5.74, 6) is 0.0918. The predicted octanol–water partition coefficient (Wildman–Crippen LogP) is 1.65. The van der Waals surface area contributed by atoms with Crippen LogP contribution in [0.5, 0.6) is 0 Å². The first-order chi connectivity index (χ1) is 7.24. The summed E-state index contributed by atoms with van der Waals surface area (Å²) in [6, 6.07) is 3.28. The van der Waals surface area contributed by atoms with Gasteiger partial charge in [0.05, 0.1) is 18.2 Å². The van der Waals surface area contributed by atoms with Crippen LogP contribution < -0.4 is 5.32 Å². The molecule has 1 N–H and O–H groups in total. The third-order valence-electron chi connectivity index (χ3n) is 1.84. The van der Waals surface area contributed by atoms with E-state index in [9.17, 15) is 4.79 Å². The maximum absolute atomic E-state index is 11.4. The van der Waals surface area contributed by atoms with Crippen LogP contribution in [0, 0.1) is 0 Å². The standard InChI is InChI=1S/C10H14ClNO3/c1-14-7-8(11)4-5-12-10(13)9-3-2-6-15-9/h2-3,6,8H,4-5,7H2,1H3,(H,12,13). The van der Waals surface area contributed by atoms with E-state index in [0.29, 0.717) is 25.3 Å². The van der Waals surface area contributed by atoms with Crippen LogP contribution >= 0.6 is 11.6 Å². The van der Waals surface area contributed by atoms with Gasteiger partial charge in [-0.1, -0.05) is 0 Å². The summed E-state index contributed by atoms with van der Waals surface area (Å²) in [5, 5.41) is 2.62. The quantitative estimate of drug-likeness (QED) is 0.758. The Morgan fingerprint density at radius 2 is 2.53 bits per heavy atom. The lowest BCUT2D eigenvalue weighted by Gasteiger charge is -2.08. The Labute approximate surface area is 93.5 Å². The van der Waals surface area contributed by atoms with Crippen molar-refractivity contribution in [2.75, 3.05) is 20.3 Å². The van der Waals surface area contributed by atoms with Crippen molar-refractivity contribution in [3.05, 3.63) is 24.2 Å². The van der Waals surface area contributed by atoms with Gasteiger partial charge in [0.2, 0.25) is 0 Å². The highest BCUT2D eigenvalue weighted by molar-refractivity contribution is 6.20. The molecule has 0 spiro atoms. The molecule has 15 heavy (non-hydrogen) atoms. The predicted molar refractivity (Wildman–Crippen MR) is 57.2 cm³/mol. The number of ether oxygens (including phenoxy) is 1. The van der Waals surface area contributed by atoms with Gasteiger partial charge in [-0.3, -0.25) is 4.79 Å². The van der Waals surface area contributed by atoms with Crippen molar-refractivity contribution >= 4 is 17.5 Å². The van der Waals surface area contributed by atoms with Crippen molar-refractivity contribution in [1.82, 2.24) is 5.32 Å². The molecule has 1 rings (SSSR count). The van der Waals surface area contributed by atoms with Crippen molar-refractivity contribution in [1.29, 1.82) is 0 Å². The molecule has 1 unspecified atom stereocenters. The summed E-state index contributed by atoms with van der Waals surface area (Å²) in [4.78, 5) is 11.4. The van der Waals surface area contributed by atoms with Crippen molar-refractivity contribution in [3.63, 3.8) is 0 Å². The first-order valence-electron chi connectivity index (χ1n) is 4.68. The van der Waals surface area contributed by atoms with Gasteiger partial charge >= 0.3 is 0 Å². The number of methoxy groups -OCH3 is 1. The van der Waals surface area contributed by atoms with E-state index >= 15 is 0 Å². The molecular formula is C10H14ClNO3. The SMILES string of the molecule is COCC(Cl)CCNC(=O)c1ccco1. The van der Waals surface area contributed by atoms with Crippen molar-refractivity contribution in [3.8, 4) is 0 Å². The fourth-order valence-corrected chi connectivity index (χ4v) is 1.34. The Bertz CT molecular complexity index is 287. The minimum Gasteiger partial charge on any atom is -0.459 e. The highest BCUT2D eigenvalue weighted by Crippen LogP contribution is 2.02. The van der Waals surface area contributed by atoms with E-state index in [1.807, 2.05) is 0 Å². The molecule has 1 amide bonds. The van der Waals surface area contributed by atoms with Gasteiger partial charge in [0.25, 0.3) is 5.91 Å². The first-order valence-corrected chi connectivity index (χ1v) is 5.12. The number of halogens is 1. The molecule has 0 saturated heterocycles. The number of furan rings is 1. The average molecular weight is 232 g/mol. The van der Waals surface area contributed by atoms with Crippen LogP contribution in [-0.4, -0.2) is 31.5 Å². The van der Waals surface area contributed by atoms with Crippen molar-refractivity contribution < 1.29 is 13.9 Å². The van der Waals surface area contributed by atoms with Gasteiger partial charge in [0.1, 0.15) is 0 Å². The van der Waals surface area contributed by atoms with Gasteiger partial charge in [-0.05, 0) is 18.6 Å². The fraction of sp³-hybridized carbons (Fsp3) is 0.500. The van der Waals surface area contributed by atoms with Gasteiger partial charge in [-0.2, -0.15) is 0 Å². The number of carbonyl (C=O) groups is 1. The van der Waals surface area contributed by atoms with Gasteiger partial charge < -0.3 is 14.5 Å². The zero-order valence-corrected chi connectivity index (χ0v) is 9.29. The second-order valence-corrected chi connectivity index (χ2v) is 3.69. The molecule has 1 atom stereocenters. The number of hydrogen-bond donors (Lipinski definition) is 1. The number of alkyl halides is 1. The number of carbonyl (C=O) groups excluding carboxylic acids is 1. The molecule has 5 heteroatoms. The van der Waals surface area contributed by atoms with Gasteiger partial charge in [0, 0.05) is 13.7 Å². The molecule has 1 heterocycles. The van der Waals surface area contributed by atoms with Crippen LogP contribution in [0.4, 0.5) is 0 Å². The summed E-state index contributed by atoms with van der Waals surface area (Å²) in [6.45, 7) is 0.995. The molecule has 1 aromatic rings. The molecule has 1 aromatic heterocycles. The highest BCUT2D eigenvalue weighted by Gasteiger charge is 2.09. The summed E-state index contributed by atoms with van der Waals surface area (Å²) in [7, 11) is 1.59. The van der Waals surface area contributed by atoms with E-state index in [2.05, 4.69) is 5.32 Å². The second-order valence-electron chi connectivity index (χ2n) is 3.07. The zero-order chi connectivity index (χ0) is 11.1. The van der Waals surface area contributed by atoms with Gasteiger partial charge in [0.15, 0.2) is 5.76 Å². The van der Waals surface area contributed by atoms with Crippen molar-refractivity contribution in [2.24, 2.45) is 0 Å². The number of hydrogen-bond acceptors (Lipinski definition) is 3. The lowest BCUT2D eigenvalue weighted by atomic mass is 10.3. The summed E-state index contributed by atoms with van der Waals surface area (Å²) >= 11 is 5.89. The Morgan fingerprint density at radius 1 is 1.73 bits per heavy atom. The molecule has 0 radical (unpaired) electrons. The van der Waals surface area contributed by atoms with Crippen LogP contribution in [0.1, 0.15) is 17.0 Å². The highest BCUT2D eigenvalue weighted by atomic mass is 35.5. The van der Waals surface area contributed by atoms with Gasteiger partial charge in [-0.15, -0.1) is 11.6 Å². The molecule has 0 aliphatic carbocycles. The molecule has 84 valence electrons. The third-order valence-corrected chi connectivity index (χ3v) is 2.18. The normalized spacial score (nSPS) is 12.4. The lowest BCUT2D eigenvalue weighted by molar-refractivity contribution is 0.0924. The topological polar surface area (TPSA) is 51.5 Å². The number of rotatable bonds is 6. The first kappa shape index (κ1) is 12.1. The van der Waals surface area contributed by atoms with Gasteiger partial charge in [-0.25, -0.2) is 0 Å². The Balaban J connectivity index is 2.18. The summed E-state index contributed by atoms with van der Waals surface area (Å²) < 4.78 is 9.80. The van der Waals surface area contributed by atoms with Crippen LogP contribution in [0.15, 0.2) is 22.8 Å². The van der Waals surface area contributed by atoms with Crippen molar-refractivity contribution in [2.45, 2.75) is 11.8 Å². The molecule has 0 aliphatic rings. The Kier molecular flexibility index (Phi) is 5.21. The van der Waals surface area contributed by atoms with E-state index in [1.165, 1.54) is 6.26 Å². The van der Waals surface area contributed by atoms with E-state index in [-0.39, 0.29) is 11.3 Å². The molecule has 4 nitrogen and oxygen atoms in total. The Morgan fingerprint density at radius 3 is 3.13 bits per heavy atom. The average Bonchev–Trinajstić information content (AvgIpc) is 2.70. The van der Waals surface area contributed by atoms with E-state index in [1.54, 1.807) is 19.2 Å². The van der Waals surface area contributed by atoms with Crippen LogP contribution in [0.2, 0.25) is 0 Å². The maximum Gasteiger partial charge on any atom is 0.286 e. The third kappa shape index (κ3) is 4.36. The van der Waals surface area contributed by atoms with Crippen LogP contribution in [-0.2, 0) is 4.74 Å². The lowest BCUT2D eigenvalue weighted by Crippen LogP contribution is -2.26. The molecule has 0 aromatic carbocycles. The molecule has 0 fully saturated rings. The summed E-state index contributed by atoms with van der Waals surface area (Å²) in [5.41, 5.74) is 0. The second kappa shape index (κ2) is 6.48. The zero-order valence-electron chi connectivity index (χ0n) is 8.53. The van der Waals surface area contributed by atoms with Crippen LogP contribution in [0.25, 0.3) is 0 Å². The molecule has 0 saturated carbocycles. The fourth-order valence-electron chi connectivity index (χ4n) is 1.10. The maximum atomic E-state index is 11.4. The number of amides is 1. The van der Waals surface area contributed by atoms with E-state index < -0.39 is 0 Å². The molecule has 0 aliphatic heterocycles. The Hall–Kier alpha value is -1.00. The molecule has 0 bridgehead atoms. The smallest absolute Gasteiger partial charge is 0.286 e. The monoisotopic (exact) mass is 231 g/mol. The molecular weight excluding hydrogens is 218 g/mol.